The van der Waals surface area contributed by atoms with Gasteiger partial charge in [-0.1, -0.05) is 37.1 Å². The molecule has 0 aliphatic heterocycles. The molecule has 0 amide bonds. The van der Waals surface area contributed by atoms with Crippen LogP contribution >= 0.6 is 0 Å². The number of phenols is 2. The lowest BCUT2D eigenvalue weighted by atomic mass is 9.91. The molecule has 2 rings (SSSR count). The second-order valence-corrected chi connectivity index (χ2v) is 5.77. The molecule has 0 saturated heterocycles. The van der Waals surface area contributed by atoms with Crippen molar-refractivity contribution in [2.24, 2.45) is 0 Å². The van der Waals surface area contributed by atoms with Crippen LogP contribution < -0.4 is 0 Å². The van der Waals surface area contributed by atoms with Crippen molar-refractivity contribution >= 4 is 0 Å². The molecule has 0 saturated carbocycles. The molecule has 0 aliphatic rings. The molecular weight excluding hydrogens is 260 g/mol. The first-order valence-electron chi connectivity index (χ1n) is 7.61. The van der Waals surface area contributed by atoms with Crippen LogP contribution in [-0.4, -0.2) is 10.2 Å². The normalized spacial score (nSPS) is 10.8. The maximum atomic E-state index is 10.3. The number of rotatable bonds is 5. The van der Waals surface area contributed by atoms with Gasteiger partial charge in [-0.15, -0.1) is 0 Å². The van der Waals surface area contributed by atoms with Gasteiger partial charge in [0.05, 0.1) is 0 Å². The van der Waals surface area contributed by atoms with Gasteiger partial charge < -0.3 is 10.2 Å². The van der Waals surface area contributed by atoms with E-state index < -0.39 is 0 Å². The average Bonchev–Trinajstić information content (AvgIpc) is 2.46. The second kappa shape index (κ2) is 6.66. The summed E-state index contributed by atoms with van der Waals surface area (Å²) in [5.41, 5.74) is 5.36. The summed E-state index contributed by atoms with van der Waals surface area (Å²) in [7, 11) is 0. The lowest BCUT2D eigenvalue weighted by Gasteiger charge is -2.15. The first-order chi connectivity index (χ1) is 10.0. The molecule has 0 spiro atoms. The fourth-order valence-corrected chi connectivity index (χ4v) is 2.74. The van der Waals surface area contributed by atoms with Crippen molar-refractivity contribution in [2.75, 3.05) is 0 Å². The maximum Gasteiger partial charge on any atom is 0.119 e. The molecule has 2 aromatic rings. The highest BCUT2D eigenvalue weighted by Crippen LogP contribution is 2.31. The van der Waals surface area contributed by atoms with Gasteiger partial charge >= 0.3 is 0 Å². The minimum absolute atomic E-state index is 0.294. The lowest BCUT2D eigenvalue weighted by molar-refractivity contribution is 0.461. The summed E-state index contributed by atoms with van der Waals surface area (Å²) < 4.78 is 0. The van der Waals surface area contributed by atoms with Crippen molar-refractivity contribution in [3.63, 3.8) is 0 Å². The van der Waals surface area contributed by atoms with Crippen LogP contribution in [0.4, 0.5) is 0 Å². The highest BCUT2D eigenvalue weighted by molar-refractivity contribution is 5.49. The molecule has 0 heterocycles. The van der Waals surface area contributed by atoms with Gasteiger partial charge in [-0.05, 0) is 55.5 Å². The first kappa shape index (κ1) is 15.4. The van der Waals surface area contributed by atoms with Crippen LogP contribution in [0.25, 0.3) is 0 Å². The standard InChI is InChI=1S/C19H24O2/c1-4-5-6-16-14(3)8-10-19(21)17(16)12-15-11-13(2)7-9-18(15)20/h7-11,20-21H,4-6,12H2,1-3H3. The van der Waals surface area contributed by atoms with Crippen molar-refractivity contribution in [3.05, 3.63) is 58.1 Å². The van der Waals surface area contributed by atoms with E-state index in [9.17, 15) is 10.2 Å². The van der Waals surface area contributed by atoms with E-state index in [2.05, 4.69) is 13.8 Å². The summed E-state index contributed by atoms with van der Waals surface area (Å²) in [5.74, 6) is 0.621. The Morgan fingerprint density at radius 3 is 2.33 bits per heavy atom. The Morgan fingerprint density at radius 2 is 1.62 bits per heavy atom. The molecule has 0 unspecified atom stereocenters. The van der Waals surface area contributed by atoms with E-state index >= 15 is 0 Å². The smallest absolute Gasteiger partial charge is 0.119 e. The highest BCUT2D eigenvalue weighted by atomic mass is 16.3. The Balaban J connectivity index is 2.42. The van der Waals surface area contributed by atoms with Crippen LogP contribution in [0, 0.1) is 13.8 Å². The summed E-state index contributed by atoms with van der Waals surface area (Å²) in [5, 5.41) is 20.3. The zero-order valence-electron chi connectivity index (χ0n) is 13.1. The van der Waals surface area contributed by atoms with Gasteiger partial charge in [-0.3, -0.25) is 0 Å². The van der Waals surface area contributed by atoms with Crippen molar-refractivity contribution < 1.29 is 10.2 Å². The average molecular weight is 284 g/mol. The lowest BCUT2D eigenvalue weighted by Crippen LogP contribution is -2.00. The molecule has 0 aliphatic carbocycles. The molecule has 0 bridgehead atoms. The Kier molecular flexibility index (Phi) is 4.89. The zero-order chi connectivity index (χ0) is 15.4. The molecule has 0 aromatic heterocycles. The second-order valence-electron chi connectivity index (χ2n) is 5.77. The predicted octanol–water partition coefficient (Wildman–Crippen LogP) is 4.65. The van der Waals surface area contributed by atoms with Gasteiger partial charge in [0, 0.05) is 12.0 Å². The van der Waals surface area contributed by atoms with E-state index in [-0.39, 0.29) is 0 Å². The van der Waals surface area contributed by atoms with E-state index in [0.717, 1.165) is 36.0 Å². The van der Waals surface area contributed by atoms with Gasteiger partial charge in [0.1, 0.15) is 11.5 Å². The number of benzene rings is 2. The van der Waals surface area contributed by atoms with Crippen molar-refractivity contribution in [3.8, 4) is 11.5 Å². The first-order valence-corrected chi connectivity index (χ1v) is 7.61. The van der Waals surface area contributed by atoms with Crippen LogP contribution in [0.2, 0.25) is 0 Å². The topological polar surface area (TPSA) is 40.5 Å². The molecule has 112 valence electrons. The Hall–Kier alpha value is -1.96. The molecule has 2 nitrogen and oxygen atoms in total. The zero-order valence-corrected chi connectivity index (χ0v) is 13.1. The van der Waals surface area contributed by atoms with E-state index in [4.69, 9.17) is 0 Å². The van der Waals surface area contributed by atoms with Crippen LogP contribution in [0.1, 0.15) is 47.6 Å². The Morgan fingerprint density at radius 1 is 0.905 bits per heavy atom. The van der Waals surface area contributed by atoms with Gasteiger partial charge in [0.2, 0.25) is 0 Å². The molecular formula is C19H24O2. The van der Waals surface area contributed by atoms with Crippen LogP contribution in [0.3, 0.4) is 0 Å². The molecule has 21 heavy (non-hydrogen) atoms. The third-order valence-electron chi connectivity index (χ3n) is 4.02. The van der Waals surface area contributed by atoms with Gasteiger partial charge in [-0.2, -0.15) is 0 Å². The summed E-state index contributed by atoms with van der Waals surface area (Å²) in [6.07, 6.45) is 3.78. The predicted molar refractivity (Wildman–Crippen MR) is 87.1 cm³/mol. The van der Waals surface area contributed by atoms with Crippen LogP contribution in [0.15, 0.2) is 30.3 Å². The van der Waals surface area contributed by atoms with E-state index in [0.29, 0.717) is 17.9 Å². The summed E-state index contributed by atoms with van der Waals surface area (Å²) in [6, 6.07) is 9.34. The van der Waals surface area contributed by atoms with Crippen molar-refractivity contribution in [1.29, 1.82) is 0 Å². The van der Waals surface area contributed by atoms with Crippen LogP contribution in [-0.2, 0) is 12.8 Å². The number of unbranched alkanes of at least 4 members (excludes halogenated alkanes) is 1. The van der Waals surface area contributed by atoms with E-state index in [1.165, 1.54) is 11.1 Å². The van der Waals surface area contributed by atoms with E-state index in [1.54, 1.807) is 12.1 Å². The summed E-state index contributed by atoms with van der Waals surface area (Å²) >= 11 is 0. The van der Waals surface area contributed by atoms with Crippen molar-refractivity contribution in [1.82, 2.24) is 0 Å². The molecule has 0 fully saturated rings. The fraction of sp³-hybridized carbons (Fsp3) is 0.368. The maximum absolute atomic E-state index is 10.3. The minimum atomic E-state index is 0.294. The minimum Gasteiger partial charge on any atom is -0.508 e. The Labute approximate surface area is 127 Å². The molecule has 0 atom stereocenters. The number of phenolic OH excluding ortho intramolecular Hbond substituents is 2. The summed E-state index contributed by atoms with van der Waals surface area (Å²) in [6.45, 7) is 6.27. The number of aryl methyl sites for hydroxylation is 2. The largest absolute Gasteiger partial charge is 0.508 e. The van der Waals surface area contributed by atoms with Crippen LogP contribution in [0.5, 0.6) is 11.5 Å². The molecule has 0 radical (unpaired) electrons. The third-order valence-corrected chi connectivity index (χ3v) is 4.02. The summed E-state index contributed by atoms with van der Waals surface area (Å²) in [4.78, 5) is 0. The molecule has 2 aromatic carbocycles. The number of hydrogen-bond donors (Lipinski definition) is 2. The van der Waals surface area contributed by atoms with Crippen molar-refractivity contribution in [2.45, 2.75) is 46.5 Å². The number of hydrogen-bond acceptors (Lipinski definition) is 2. The van der Waals surface area contributed by atoms with Gasteiger partial charge in [-0.25, -0.2) is 0 Å². The van der Waals surface area contributed by atoms with Gasteiger partial charge in [0.25, 0.3) is 0 Å². The third kappa shape index (κ3) is 3.57. The highest BCUT2D eigenvalue weighted by Gasteiger charge is 2.13. The molecule has 2 heteroatoms. The SMILES string of the molecule is CCCCc1c(C)ccc(O)c1Cc1cc(C)ccc1O. The fourth-order valence-electron chi connectivity index (χ4n) is 2.74. The van der Waals surface area contributed by atoms with Gasteiger partial charge in [0.15, 0.2) is 0 Å². The monoisotopic (exact) mass is 284 g/mol. The van der Waals surface area contributed by atoms with E-state index in [1.807, 2.05) is 25.1 Å². The quantitative estimate of drug-likeness (QED) is 0.839. The Bertz CT molecular complexity index is 630. The molecule has 2 N–H and O–H groups in total. The number of aromatic hydroxyl groups is 2.